The van der Waals surface area contributed by atoms with E-state index in [-0.39, 0.29) is 11.9 Å². The van der Waals surface area contributed by atoms with Gasteiger partial charge in [-0.2, -0.15) is 0 Å². The monoisotopic (exact) mass is 275 g/mol. The SMILES string of the molecule is CCC(C)NC(=O)c1cc(N2CCCCCC2)ccn1. The fraction of sp³-hybridized carbons (Fsp3) is 0.625. The number of nitrogens with one attached hydrogen (secondary N) is 1. The molecule has 1 atom stereocenters. The molecule has 1 N–H and O–H groups in total. The van der Waals surface area contributed by atoms with Crippen LogP contribution in [0, 0.1) is 0 Å². The van der Waals surface area contributed by atoms with E-state index in [9.17, 15) is 4.79 Å². The molecular weight excluding hydrogens is 250 g/mol. The molecule has 1 saturated heterocycles. The summed E-state index contributed by atoms with van der Waals surface area (Å²) in [5, 5.41) is 2.97. The lowest BCUT2D eigenvalue weighted by atomic mass is 10.2. The van der Waals surface area contributed by atoms with Crippen molar-refractivity contribution in [3.63, 3.8) is 0 Å². The molecule has 1 fully saturated rings. The maximum absolute atomic E-state index is 12.1. The molecule has 4 nitrogen and oxygen atoms in total. The van der Waals surface area contributed by atoms with Gasteiger partial charge in [-0.05, 0) is 38.3 Å². The molecule has 1 aliphatic rings. The molecule has 20 heavy (non-hydrogen) atoms. The summed E-state index contributed by atoms with van der Waals surface area (Å²) in [5.74, 6) is -0.0731. The van der Waals surface area contributed by atoms with Crippen LogP contribution in [0.1, 0.15) is 56.4 Å². The Balaban J connectivity index is 2.08. The third kappa shape index (κ3) is 3.95. The van der Waals surface area contributed by atoms with Crippen molar-refractivity contribution in [1.82, 2.24) is 10.3 Å². The van der Waals surface area contributed by atoms with Crippen molar-refractivity contribution in [2.75, 3.05) is 18.0 Å². The van der Waals surface area contributed by atoms with Crippen LogP contribution in [0.25, 0.3) is 0 Å². The predicted octanol–water partition coefficient (Wildman–Crippen LogP) is 2.99. The molecule has 1 aromatic rings. The van der Waals surface area contributed by atoms with Gasteiger partial charge in [0.1, 0.15) is 5.69 Å². The minimum Gasteiger partial charge on any atom is -0.371 e. The van der Waals surface area contributed by atoms with Gasteiger partial charge in [-0.1, -0.05) is 19.8 Å². The second kappa shape index (κ2) is 7.27. The summed E-state index contributed by atoms with van der Waals surface area (Å²) in [6.07, 6.45) is 7.75. The third-order valence-corrected chi connectivity index (χ3v) is 3.94. The number of pyridine rings is 1. The average Bonchev–Trinajstić information content (AvgIpc) is 2.76. The van der Waals surface area contributed by atoms with E-state index in [1.165, 1.54) is 25.7 Å². The van der Waals surface area contributed by atoms with Gasteiger partial charge in [0.25, 0.3) is 5.91 Å². The quantitative estimate of drug-likeness (QED) is 0.918. The number of nitrogens with zero attached hydrogens (tertiary/aromatic N) is 2. The zero-order valence-electron chi connectivity index (χ0n) is 12.6. The summed E-state index contributed by atoms with van der Waals surface area (Å²) in [7, 11) is 0. The van der Waals surface area contributed by atoms with Crippen molar-refractivity contribution >= 4 is 11.6 Å². The number of anilines is 1. The Kier molecular flexibility index (Phi) is 5.39. The summed E-state index contributed by atoms with van der Waals surface area (Å²) >= 11 is 0. The molecule has 0 bridgehead atoms. The first-order valence-corrected chi connectivity index (χ1v) is 7.72. The second-order valence-electron chi connectivity index (χ2n) is 5.58. The van der Waals surface area contributed by atoms with Crippen LogP contribution in [-0.4, -0.2) is 30.0 Å². The highest BCUT2D eigenvalue weighted by Gasteiger charge is 2.14. The van der Waals surface area contributed by atoms with Crippen LogP contribution in [0.2, 0.25) is 0 Å². The third-order valence-electron chi connectivity index (χ3n) is 3.94. The van der Waals surface area contributed by atoms with Crippen LogP contribution in [0.5, 0.6) is 0 Å². The van der Waals surface area contributed by atoms with E-state index in [1.54, 1.807) is 6.20 Å². The summed E-state index contributed by atoms with van der Waals surface area (Å²) in [5.41, 5.74) is 1.64. The zero-order valence-corrected chi connectivity index (χ0v) is 12.6. The minimum absolute atomic E-state index is 0.0731. The van der Waals surface area contributed by atoms with E-state index in [0.717, 1.165) is 25.2 Å². The van der Waals surface area contributed by atoms with Crippen LogP contribution in [0.3, 0.4) is 0 Å². The maximum atomic E-state index is 12.1. The standard InChI is InChI=1S/C16H25N3O/c1-3-13(2)18-16(20)15-12-14(8-9-17-15)19-10-6-4-5-7-11-19/h8-9,12-13H,3-7,10-11H2,1-2H3,(H,18,20). The highest BCUT2D eigenvalue weighted by Crippen LogP contribution is 2.19. The number of aromatic nitrogens is 1. The van der Waals surface area contributed by atoms with E-state index in [0.29, 0.717) is 5.69 Å². The smallest absolute Gasteiger partial charge is 0.270 e. The van der Waals surface area contributed by atoms with E-state index < -0.39 is 0 Å². The van der Waals surface area contributed by atoms with E-state index >= 15 is 0 Å². The van der Waals surface area contributed by atoms with Gasteiger partial charge < -0.3 is 10.2 Å². The van der Waals surface area contributed by atoms with Gasteiger partial charge >= 0.3 is 0 Å². The molecule has 0 radical (unpaired) electrons. The highest BCUT2D eigenvalue weighted by molar-refractivity contribution is 5.93. The largest absolute Gasteiger partial charge is 0.371 e. The summed E-state index contributed by atoms with van der Waals surface area (Å²) in [6.45, 7) is 6.23. The van der Waals surface area contributed by atoms with Crippen molar-refractivity contribution < 1.29 is 4.79 Å². The lowest BCUT2D eigenvalue weighted by Gasteiger charge is -2.23. The highest BCUT2D eigenvalue weighted by atomic mass is 16.1. The topological polar surface area (TPSA) is 45.2 Å². The Bertz CT molecular complexity index is 439. The lowest BCUT2D eigenvalue weighted by Crippen LogP contribution is -2.32. The van der Waals surface area contributed by atoms with E-state index in [4.69, 9.17) is 0 Å². The zero-order chi connectivity index (χ0) is 14.4. The second-order valence-corrected chi connectivity index (χ2v) is 5.58. The van der Waals surface area contributed by atoms with Crippen molar-refractivity contribution in [2.45, 2.75) is 52.0 Å². The molecule has 2 heterocycles. The normalized spacial score (nSPS) is 17.4. The summed E-state index contributed by atoms with van der Waals surface area (Å²) in [4.78, 5) is 18.7. The van der Waals surface area contributed by atoms with Gasteiger partial charge in [0.05, 0.1) is 0 Å². The molecule has 0 aromatic carbocycles. The number of hydrogen-bond donors (Lipinski definition) is 1. The number of carbonyl (C=O) groups excluding carboxylic acids is 1. The van der Waals surface area contributed by atoms with Crippen LogP contribution in [0.15, 0.2) is 18.3 Å². The van der Waals surface area contributed by atoms with Gasteiger partial charge in [0.15, 0.2) is 0 Å². The fourth-order valence-electron chi connectivity index (χ4n) is 2.47. The lowest BCUT2D eigenvalue weighted by molar-refractivity contribution is 0.0934. The van der Waals surface area contributed by atoms with Crippen LogP contribution in [-0.2, 0) is 0 Å². The molecule has 110 valence electrons. The van der Waals surface area contributed by atoms with Crippen molar-refractivity contribution in [3.8, 4) is 0 Å². The number of rotatable bonds is 4. The van der Waals surface area contributed by atoms with Gasteiger partial charge in [0, 0.05) is 31.0 Å². The van der Waals surface area contributed by atoms with Crippen molar-refractivity contribution in [1.29, 1.82) is 0 Å². The summed E-state index contributed by atoms with van der Waals surface area (Å²) < 4.78 is 0. The Hall–Kier alpha value is -1.58. The minimum atomic E-state index is -0.0731. The van der Waals surface area contributed by atoms with Gasteiger partial charge in [0.2, 0.25) is 0 Å². The Labute approximate surface area is 121 Å². The molecule has 2 rings (SSSR count). The van der Waals surface area contributed by atoms with Gasteiger partial charge in [-0.15, -0.1) is 0 Å². The predicted molar refractivity (Wildman–Crippen MR) is 82.1 cm³/mol. The van der Waals surface area contributed by atoms with Gasteiger partial charge in [-0.3, -0.25) is 9.78 Å². The van der Waals surface area contributed by atoms with Crippen LogP contribution < -0.4 is 10.2 Å². The summed E-state index contributed by atoms with van der Waals surface area (Å²) in [6, 6.07) is 4.11. The number of carbonyl (C=O) groups is 1. The number of hydrogen-bond acceptors (Lipinski definition) is 3. The molecule has 1 amide bonds. The first kappa shape index (κ1) is 14.8. The maximum Gasteiger partial charge on any atom is 0.270 e. The molecule has 0 spiro atoms. The molecule has 0 aliphatic carbocycles. The van der Waals surface area contributed by atoms with E-state index in [2.05, 4.69) is 22.1 Å². The Morgan fingerprint density at radius 2 is 2.05 bits per heavy atom. The number of amides is 1. The molecule has 1 unspecified atom stereocenters. The van der Waals surface area contributed by atoms with Gasteiger partial charge in [-0.25, -0.2) is 0 Å². The van der Waals surface area contributed by atoms with Crippen LogP contribution in [0.4, 0.5) is 5.69 Å². The first-order chi connectivity index (χ1) is 9.70. The van der Waals surface area contributed by atoms with Crippen molar-refractivity contribution in [2.24, 2.45) is 0 Å². The van der Waals surface area contributed by atoms with Crippen molar-refractivity contribution in [3.05, 3.63) is 24.0 Å². The average molecular weight is 275 g/mol. The van der Waals surface area contributed by atoms with Crippen LogP contribution >= 0.6 is 0 Å². The Morgan fingerprint density at radius 3 is 2.70 bits per heavy atom. The first-order valence-electron chi connectivity index (χ1n) is 7.72. The molecule has 1 aromatic heterocycles. The Morgan fingerprint density at radius 1 is 1.35 bits per heavy atom. The van der Waals surface area contributed by atoms with E-state index in [1.807, 2.05) is 19.1 Å². The molecular formula is C16H25N3O. The molecule has 0 saturated carbocycles. The molecule has 4 heteroatoms. The molecule has 1 aliphatic heterocycles. The fourth-order valence-corrected chi connectivity index (χ4v) is 2.47.